The van der Waals surface area contributed by atoms with Crippen LogP contribution in [0.5, 0.6) is 0 Å². The molecular formula is C14H28N2O. The summed E-state index contributed by atoms with van der Waals surface area (Å²) in [6, 6.07) is 0.792. The topological polar surface area (TPSA) is 24.5 Å². The van der Waals surface area contributed by atoms with E-state index < -0.39 is 0 Å². The molecule has 17 heavy (non-hydrogen) atoms. The third-order valence-electron chi connectivity index (χ3n) is 4.19. The van der Waals surface area contributed by atoms with Crippen LogP contribution < -0.4 is 5.32 Å². The Bertz CT molecular complexity index is 196. The molecule has 1 atom stereocenters. The molecule has 2 aliphatic rings. The second-order valence-electron chi connectivity index (χ2n) is 5.64. The van der Waals surface area contributed by atoms with Gasteiger partial charge in [-0.2, -0.15) is 0 Å². The van der Waals surface area contributed by atoms with Crippen LogP contribution >= 0.6 is 0 Å². The highest BCUT2D eigenvalue weighted by Crippen LogP contribution is 2.21. The number of likely N-dealkylation sites (N-methyl/N-ethyl adjacent to an activating group) is 1. The monoisotopic (exact) mass is 240 g/mol. The van der Waals surface area contributed by atoms with Gasteiger partial charge in [-0.1, -0.05) is 32.1 Å². The van der Waals surface area contributed by atoms with Crippen molar-refractivity contribution in [3.63, 3.8) is 0 Å². The molecule has 2 fully saturated rings. The molecule has 0 bridgehead atoms. The van der Waals surface area contributed by atoms with E-state index in [1.54, 1.807) is 0 Å². The van der Waals surface area contributed by atoms with E-state index in [-0.39, 0.29) is 0 Å². The summed E-state index contributed by atoms with van der Waals surface area (Å²) in [5.41, 5.74) is 0. The van der Waals surface area contributed by atoms with Crippen molar-refractivity contribution in [2.75, 3.05) is 33.3 Å². The lowest BCUT2D eigenvalue weighted by atomic mass is 9.95. The minimum atomic E-state index is 0.402. The lowest BCUT2D eigenvalue weighted by Gasteiger charge is -2.34. The van der Waals surface area contributed by atoms with Crippen LogP contribution in [0.1, 0.15) is 44.9 Å². The highest BCUT2D eigenvalue weighted by atomic mass is 16.5. The summed E-state index contributed by atoms with van der Waals surface area (Å²) in [5, 5.41) is 3.41. The molecule has 0 spiro atoms. The molecule has 1 saturated carbocycles. The molecule has 1 aliphatic heterocycles. The Morgan fingerprint density at radius 2 is 1.82 bits per heavy atom. The predicted molar refractivity (Wildman–Crippen MR) is 71.3 cm³/mol. The van der Waals surface area contributed by atoms with Crippen molar-refractivity contribution in [3.05, 3.63) is 0 Å². The van der Waals surface area contributed by atoms with Crippen molar-refractivity contribution in [3.8, 4) is 0 Å². The third-order valence-corrected chi connectivity index (χ3v) is 4.19. The Labute approximate surface area is 106 Å². The molecule has 2 rings (SSSR count). The molecule has 0 aromatic rings. The summed E-state index contributed by atoms with van der Waals surface area (Å²) >= 11 is 0. The minimum absolute atomic E-state index is 0.402. The van der Waals surface area contributed by atoms with E-state index in [0.717, 1.165) is 32.3 Å². The Morgan fingerprint density at radius 3 is 2.47 bits per heavy atom. The molecule has 1 N–H and O–H groups in total. The maximum atomic E-state index is 5.79. The number of hydrogen-bond acceptors (Lipinski definition) is 3. The van der Waals surface area contributed by atoms with E-state index in [1.165, 1.54) is 44.9 Å². The zero-order valence-electron chi connectivity index (χ0n) is 11.3. The summed E-state index contributed by atoms with van der Waals surface area (Å²) in [6.07, 6.45) is 10.3. The minimum Gasteiger partial charge on any atom is -0.374 e. The Morgan fingerprint density at radius 1 is 1.12 bits per heavy atom. The maximum absolute atomic E-state index is 5.79. The van der Waals surface area contributed by atoms with Crippen LogP contribution in [0.15, 0.2) is 0 Å². The van der Waals surface area contributed by atoms with Crippen molar-refractivity contribution in [1.29, 1.82) is 0 Å². The largest absolute Gasteiger partial charge is 0.374 e. The van der Waals surface area contributed by atoms with E-state index in [0.29, 0.717) is 6.10 Å². The van der Waals surface area contributed by atoms with Gasteiger partial charge in [-0.15, -0.1) is 0 Å². The normalized spacial score (nSPS) is 28.9. The second-order valence-corrected chi connectivity index (χ2v) is 5.64. The van der Waals surface area contributed by atoms with Crippen LogP contribution in [0.2, 0.25) is 0 Å². The molecule has 0 radical (unpaired) electrons. The fraction of sp³-hybridized carbons (Fsp3) is 1.00. The zero-order valence-corrected chi connectivity index (χ0v) is 11.3. The van der Waals surface area contributed by atoms with E-state index in [9.17, 15) is 0 Å². The lowest BCUT2D eigenvalue weighted by Crippen LogP contribution is -2.46. The van der Waals surface area contributed by atoms with Gasteiger partial charge in [0.25, 0.3) is 0 Å². The molecule has 3 heteroatoms. The summed E-state index contributed by atoms with van der Waals surface area (Å²) < 4.78 is 5.79. The smallest absolute Gasteiger partial charge is 0.0826 e. The first-order chi connectivity index (χ1) is 8.36. The van der Waals surface area contributed by atoms with Crippen LogP contribution in [-0.2, 0) is 4.74 Å². The van der Waals surface area contributed by atoms with Crippen LogP contribution in [0.25, 0.3) is 0 Å². The van der Waals surface area contributed by atoms with Gasteiger partial charge in [0.05, 0.1) is 12.7 Å². The lowest BCUT2D eigenvalue weighted by molar-refractivity contribution is 0.000733. The average molecular weight is 240 g/mol. The number of nitrogens with zero attached hydrogens (tertiary/aromatic N) is 1. The zero-order chi connectivity index (χ0) is 11.9. The SMILES string of the molecule is CN(CC1CNCCO1)C1CCCCCCC1. The van der Waals surface area contributed by atoms with Gasteiger partial charge >= 0.3 is 0 Å². The van der Waals surface area contributed by atoms with Crippen molar-refractivity contribution in [2.24, 2.45) is 0 Å². The van der Waals surface area contributed by atoms with E-state index >= 15 is 0 Å². The Kier molecular flexibility index (Phi) is 5.75. The van der Waals surface area contributed by atoms with Gasteiger partial charge in [0.1, 0.15) is 0 Å². The van der Waals surface area contributed by atoms with Gasteiger partial charge < -0.3 is 15.0 Å². The number of morpholine rings is 1. The molecule has 1 unspecified atom stereocenters. The Balaban J connectivity index is 1.74. The van der Waals surface area contributed by atoms with Crippen molar-refractivity contribution in [2.45, 2.75) is 57.1 Å². The molecule has 100 valence electrons. The highest BCUT2D eigenvalue weighted by Gasteiger charge is 2.21. The van der Waals surface area contributed by atoms with Gasteiger partial charge in [-0.05, 0) is 19.9 Å². The molecule has 1 aliphatic carbocycles. The standard InChI is InChI=1S/C14H28N2O/c1-16(12-14-11-15-9-10-17-14)13-7-5-3-2-4-6-8-13/h13-15H,2-12H2,1H3. The third kappa shape index (κ3) is 4.57. The van der Waals surface area contributed by atoms with Crippen molar-refractivity contribution in [1.82, 2.24) is 10.2 Å². The van der Waals surface area contributed by atoms with Gasteiger partial charge in [0.15, 0.2) is 0 Å². The highest BCUT2D eigenvalue weighted by molar-refractivity contribution is 4.76. The maximum Gasteiger partial charge on any atom is 0.0826 e. The van der Waals surface area contributed by atoms with E-state index in [1.807, 2.05) is 0 Å². The molecule has 1 saturated heterocycles. The molecule has 0 aromatic carbocycles. The van der Waals surface area contributed by atoms with Crippen LogP contribution in [-0.4, -0.2) is 50.3 Å². The molecule has 0 amide bonds. The number of hydrogen-bond donors (Lipinski definition) is 1. The number of rotatable bonds is 3. The first kappa shape index (κ1) is 13.3. The van der Waals surface area contributed by atoms with Crippen molar-refractivity contribution < 1.29 is 4.74 Å². The molecule has 3 nitrogen and oxygen atoms in total. The van der Waals surface area contributed by atoms with E-state index in [4.69, 9.17) is 4.74 Å². The van der Waals surface area contributed by atoms with Crippen LogP contribution in [0.3, 0.4) is 0 Å². The second kappa shape index (κ2) is 7.34. The number of nitrogens with one attached hydrogen (secondary N) is 1. The van der Waals surface area contributed by atoms with Gasteiger partial charge in [-0.25, -0.2) is 0 Å². The number of ether oxygens (including phenoxy) is 1. The van der Waals surface area contributed by atoms with Gasteiger partial charge in [0.2, 0.25) is 0 Å². The van der Waals surface area contributed by atoms with Crippen LogP contribution in [0.4, 0.5) is 0 Å². The molecule has 0 aromatic heterocycles. The van der Waals surface area contributed by atoms with Crippen molar-refractivity contribution >= 4 is 0 Å². The summed E-state index contributed by atoms with van der Waals surface area (Å²) in [6.45, 7) is 4.02. The van der Waals surface area contributed by atoms with Gasteiger partial charge in [0, 0.05) is 25.7 Å². The summed E-state index contributed by atoms with van der Waals surface area (Å²) in [4.78, 5) is 2.54. The average Bonchev–Trinajstić information content (AvgIpc) is 2.29. The first-order valence-electron chi connectivity index (χ1n) is 7.39. The Hall–Kier alpha value is -0.120. The first-order valence-corrected chi connectivity index (χ1v) is 7.39. The fourth-order valence-corrected chi connectivity index (χ4v) is 3.08. The summed E-state index contributed by atoms with van der Waals surface area (Å²) in [5.74, 6) is 0. The van der Waals surface area contributed by atoms with Crippen LogP contribution in [0, 0.1) is 0 Å². The van der Waals surface area contributed by atoms with Gasteiger partial charge in [-0.3, -0.25) is 0 Å². The molecular weight excluding hydrogens is 212 g/mol. The van der Waals surface area contributed by atoms with E-state index in [2.05, 4.69) is 17.3 Å². The summed E-state index contributed by atoms with van der Waals surface area (Å²) in [7, 11) is 2.28. The molecule has 1 heterocycles. The quantitative estimate of drug-likeness (QED) is 0.817. The fourth-order valence-electron chi connectivity index (χ4n) is 3.08. The predicted octanol–water partition coefficient (Wildman–Crippen LogP) is 2.02.